The minimum atomic E-state index is -1.19. The molecule has 1 saturated heterocycles. The van der Waals surface area contributed by atoms with Crippen molar-refractivity contribution in [2.24, 2.45) is 0 Å². The van der Waals surface area contributed by atoms with Gasteiger partial charge in [-0.25, -0.2) is 4.79 Å². The lowest BCUT2D eigenvalue weighted by atomic mass is 10.1. The summed E-state index contributed by atoms with van der Waals surface area (Å²) in [5.41, 5.74) is 4.82. The molecule has 1 aliphatic rings. The normalized spacial score (nSPS) is 31.9. The molecule has 1 fully saturated rings. The molecule has 0 amide bonds. The minimum Gasteiger partial charge on any atom is -0.394 e. The number of nitrogens with two attached hydrogens (primary N) is 1. The number of hydrogen-bond donors (Lipinski definition) is 4. The van der Waals surface area contributed by atoms with Gasteiger partial charge in [-0.05, 0) is 18.9 Å². The SMILES string of the molecule is Nc1ccn(C2CC[C@H](O)[C@H](O)[C@@H](CO)O2)c(=O)n1. The first-order chi connectivity index (χ1) is 9.02. The van der Waals surface area contributed by atoms with E-state index < -0.39 is 36.8 Å². The average molecular weight is 271 g/mol. The third-order valence-electron chi connectivity index (χ3n) is 3.16. The topological polar surface area (TPSA) is 131 Å². The highest BCUT2D eigenvalue weighted by Crippen LogP contribution is 2.25. The summed E-state index contributed by atoms with van der Waals surface area (Å²) in [5.74, 6) is 0.105. The van der Waals surface area contributed by atoms with Crippen molar-refractivity contribution in [3.8, 4) is 0 Å². The molecule has 0 aromatic carbocycles. The second-order valence-electron chi connectivity index (χ2n) is 4.49. The van der Waals surface area contributed by atoms with Crippen LogP contribution < -0.4 is 11.4 Å². The maximum atomic E-state index is 11.7. The molecule has 1 unspecified atom stereocenters. The highest BCUT2D eigenvalue weighted by Gasteiger charge is 2.34. The lowest BCUT2D eigenvalue weighted by Gasteiger charge is -2.24. The van der Waals surface area contributed by atoms with Crippen LogP contribution in [0.4, 0.5) is 5.82 Å². The average Bonchev–Trinajstić information content (AvgIpc) is 2.51. The zero-order valence-electron chi connectivity index (χ0n) is 10.2. The van der Waals surface area contributed by atoms with Crippen LogP contribution in [0.1, 0.15) is 19.1 Å². The summed E-state index contributed by atoms with van der Waals surface area (Å²) < 4.78 is 6.70. The van der Waals surface area contributed by atoms with Crippen LogP contribution in [-0.2, 0) is 4.74 Å². The molecule has 8 nitrogen and oxygen atoms in total. The third-order valence-corrected chi connectivity index (χ3v) is 3.16. The van der Waals surface area contributed by atoms with E-state index in [-0.39, 0.29) is 12.2 Å². The lowest BCUT2D eigenvalue weighted by molar-refractivity contribution is -0.129. The summed E-state index contributed by atoms with van der Waals surface area (Å²) in [6.07, 6.45) is -1.84. The van der Waals surface area contributed by atoms with E-state index in [4.69, 9.17) is 15.6 Å². The molecule has 106 valence electrons. The monoisotopic (exact) mass is 271 g/mol. The van der Waals surface area contributed by atoms with Gasteiger partial charge >= 0.3 is 5.69 Å². The molecule has 1 aromatic heterocycles. The molecule has 1 aliphatic heterocycles. The van der Waals surface area contributed by atoms with E-state index in [2.05, 4.69) is 4.98 Å². The standard InChI is InChI=1S/C11H17N3O5/c12-8-3-4-14(11(18)13-8)9-2-1-6(16)10(17)7(5-15)19-9/h3-4,6-7,9-10,15-17H,1-2,5H2,(H2,12,13,18)/t6-,7+,9?,10-/m0/s1. The van der Waals surface area contributed by atoms with Gasteiger partial charge in [-0.15, -0.1) is 0 Å². The van der Waals surface area contributed by atoms with Crippen LogP contribution in [0.25, 0.3) is 0 Å². The Balaban J connectivity index is 2.27. The van der Waals surface area contributed by atoms with Gasteiger partial charge in [0.15, 0.2) is 0 Å². The van der Waals surface area contributed by atoms with Gasteiger partial charge in [0.1, 0.15) is 24.3 Å². The van der Waals surface area contributed by atoms with Crippen molar-refractivity contribution in [3.05, 3.63) is 22.7 Å². The Morgan fingerprint density at radius 2 is 2.21 bits per heavy atom. The van der Waals surface area contributed by atoms with Gasteiger partial charge in [-0.2, -0.15) is 4.98 Å². The van der Waals surface area contributed by atoms with Crippen molar-refractivity contribution in [2.45, 2.75) is 37.4 Å². The van der Waals surface area contributed by atoms with Crippen LogP contribution in [0.5, 0.6) is 0 Å². The molecule has 2 heterocycles. The van der Waals surface area contributed by atoms with Crippen LogP contribution in [0.15, 0.2) is 17.1 Å². The van der Waals surface area contributed by atoms with Crippen molar-refractivity contribution in [2.75, 3.05) is 12.3 Å². The second-order valence-corrected chi connectivity index (χ2v) is 4.49. The lowest BCUT2D eigenvalue weighted by Crippen LogP contribution is -2.40. The number of ether oxygens (including phenoxy) is 1. The molecule has 4 atom stereocenters. The van der Waals surface area contributed by atoms with Gasteiger partial charge < -0.3 is 25.8 Å². The quantitative estimate of drug-likeness (QED) is 0.500. The van der Waals surface area contributed by atoms with Crippen LogP contribution in [0.2, 0.25) is 0 Å². The minimum absolute atomic E-state index is 0.105. The van der Waals surface area contributed by atoms with Crippen LogP contribution in [0.3, 0.4) is 0 Å². The summed E-state index contributed by atoms with van der Waals surface area (Å²) in [6.45, 7) is -0.453. The Labute approximate surface area is 109 Å². The zero-order chi connectivity index (χ0) is 14.0. The Morgan fingerprint density at radius 3 is 2.84 bits per heavy atom. The van der Waals surface area contributed by atoms with Gasteiger partial charge in [0.25, 0.3) is 0 Å². The van der Waals surface area contributed by atoms with Crippen molar-refractivity contribution >= 4 is 5.82 Å². The number of anilines is 1. The first-order valence-corrected chi connectivity index (χ1v) is 6.00. The first kappa shape index (κ1) is 13.9. The van der Waals surface area contributed by atoms with Gasteiger partial charge in [-0.1, -0.05) is 0 Å². The number of aliphatic hydroxyl groups is 3. The fraction of sp³-hybridized carbons (Fsp3) is 0.636. The molecule has 0 radical (unpaired) electrons. The second kappa shape index (κ2) is 5.66. The van der Waals surface area contributed by atoms with Crippen molar-refractivity contribution < 1.29 is 20.1 Å². The van der Waals surface area contributed by atoms with Crippen LogP contribution in [-0.4, -0.2) is 49.8 Å². The van der Waals surface area contributed by atoms with Crippen molar-refractivity contribution in [1.82, 2.24) is 9.55 Å². The van der Waals surface area contributed by atoms with E-state index in [0.29, 0.717) is 6.42 Å². The van der Waals surface area contributed by atoms with E-state index in [1.165, 1.54) is 16.8 Å². The molecule has 0 spiro atoms. The third kappa shape index (κ3) is 2.92. The van der Waals surface area contributed by atoms with E-state index in [9.17, 15) is 15.0 Å². The van der Waals surface area contributed by atoms with Gasteiger partial charge in [0.2, 0.25) is 0 Å². The number of aromatic nitrogens is 2. The smallest absolute Gasteiger partial charge is 0.351 e. The number of nitrogen functional groups attached to an aromatic ring is 1. The summed E-state index contributed by atoms with van der Waals surface area (Å²) in [4.78, 5) is 15.3. The molecule has 1 aromatic rings. The Hall–Kier alpha value is -1.48. The van der Waals surface area contributed by atoms with Crippen molar-refractivity contribution in [3.63, 3.8) is 0 Å². The Morgan fingerprint density at radius 1 is 1.47 bits per heavy atom. The molecule has 0 bridgehead atoms. The number of aliphatic hydroxyl groups excluding tert-OH is 3. The van der Waals surface area contributed by atoms with Gasteiger partial charge in [0.05, 0.1) is 12.7 Å². The molecule has 0 aliphatic carbocycles. The van der Waals surface area contributed by atoms with E-state index in [1.54, 1.807) is 0 Å². The van der Waals surface area contributed by atoms with Crippen LogP contribution in [0, 0.1) is 0 Å². The summed E-state index contributed by atoms with van der Waals surface area (Å²) in [7, 11) is 0. The molecule has 5 N–H and O–H groups in total. The summed E-state index contributed by atoms with van der Waals surface area (Å²) >= 11 is 0. The Bertz CT molecular complexity index is 491. The molecular weight excluding hydrogens is 254 g/mol. The number of rotatable bonds is 2. The van der Waals surface area contributed by atoms with Gasteiger partial charge in [0, 0.05) is 6.20 Å². The predicted molar refractivity (Wildman–Crippen MR) is 65.2 cm³/mol. The summed E-state index contributed by atoms with van der Waals surface area (Å²) in [5, 5.41) is 28.6. The molecule has 0 saturated carbocycles. The van der Waals surface area contributed by atoms with Gasteiger partial charge in [-0.3, -0.25) is 4.57 Å². The molecular formula is C11H17N3O5. The summed E-state index contributed by atoms with van der Waals surface area (Å²) in [6, 6.07) is 1.45. The highest BCUT2D eigenvalue weighted by atomic mass is 16.5. The van der Waals surface area contributed by atoms with Crippen molar-refractivity contribution in [1.29, 1.82) is 0 Å². The predicted octanol–water partition coefficient (Wildman–Crippen LogP) is -1.78. The fourth-order valence-electron chi connectivity index (χ4n) is 2.08. The molecule has 19 heavy (non-hydrogen) atoms. The fourth-order valence-corrected chi connectivity index (χ4v) is 2.08. The maximum absolute atomic E-state index is 11.7. The largest absolute Gasteiger partial charge is 0.394 e. The maximum Gasteiger partial charge on any atom is 0.351 e. The van der Waals surface area contributed by atoms with Crippen LogP contribution >= 0.6 is 0 Å². The number of hydrogen-bond acceptors (Lipinski definition) is 7. The van der Waals surface area contributed by atoms with E-state index in [0.717, 1.165) is 0 Å². The highest BCUT2D eigenvalue weighted by molar-refractivity contribution is 5.23. The van der Waals surface area contributed by atoms with E-state index in [1.807, 2.05) is 0 Å². The Kier molecular flexibility index (Phi) is 4.15. The number of nitrogens with zero attached hydrogens (tertiary/aromatic N) is 2. The van der Waals surface area contributed by atoms with E-state index >= 15 is 0 Å². The zero-order valence-corrected chi connectivity index (χ0v) is 10.2. The first-order valence-electron chi connectivity index (χ1n) is 6.00. The molecule has 8 heteroatoms. The molecule has 2 rings (SSSR count).